The molecule has 0 spiro atoms. The Morgan fingerprint density at radius 1 is 1.53 bits per heavy atom. The number of aryl methyl sites for hydroxylation is 1. The van der Waals surface area contributed by atoms with Crippen LogP contribution in [0.1, 0.15) is 35.1 Å². The monoisotopic (exact) mass is 226 g/mol. The van der Waals surface area contributed by atoms with Crippen molar-refractivity contribution in [1.29, 1.82) is 0 Å². The molecule has 1 fully saturated rings. The fraction of sp³-hybridized carbons (Fsp3) is 0.600. The van der Waals surface area contributed by atoms with Gasteiger partial charge in [-0.2, -0.15) is 0 Å². The van der Waals surface area contributed by atoms with Crippen molar-refractivity contribution in [3.8, 4) is 0 Å². The number of thiazole rings is 1. The molecule has 1 aromatic rings. The normalized spacial score (nSPS) is 15.9. The van der Waals surface area contributed by atoms with Gasteiger partial charge >= 0.3 is 5.97 Å². The van der Waals surface area contributed by atoms with Crippen molar-refractivity contribution < 1.29 is 9.90 Å². The van der Waals surface area contributed by atoms with Crippen molar-refractivity contribution in [1.82, 2.24) is 4.98 Å². The molecular formula is C10H14N2O2S. The molecular weight excluding hydrogens is 212 g/mol. The second-order valence-corrected chi connectivity index (χ2v) is 4.60. The summed E-state index contributed by atoms with van der Waals surface area (Å²) in [6.45, 7) is 3.96. The third-order valence-electron chi connectivity index (χ3n) is 2.59. The molecule has 1 N–H and O–H groups in total. The predicted molar refractivity (Wildman–Crippen MR) is 59.9 cm³/mol. The maximum atomic E-state index is 11.0. The second-order valence-electron chi connectivity index (χ2n) is 3.63. The summed E-state index contributed by atoms with van der Waals surface area (Å²) in [7, 11) is 0. The van der Waals surface area contributed by atoms with Gasteiger partial charge in [-0.15, -0.1) is 0 Å². The van der Waals surface area contributed by atoms with E-state index in [0.29, 0.717) is 11.3 Å². The van der Waals surface area contributed by atoms with Gasteiger partial charge in [-0.25, -0.2) is 9.78 Å². The molecule has 0 bridgehead atoms. The summed E-state index contributed by atoms with van der Waals surface area (Å²) in [6.07, 6.45) is 3.05. The van der Waals surface area contributed by atoms with E-state index in [1.54, 1.807) is 0 Å². The summed E-state index contributed by atoms with van der Waals surface area (Å²) < 4.78 is 0. The molecule has 0 saturated carbocycles. The minimum Gasteiger partial charge on any atom is -0.477 e. The number of hydrogen-bond acceptors (Lipinski definition) is 4. The lowest BCUT2D eigenvalue weighted by molar-refractivity contribution is 0.0701. The highest BCUT2D eigenvalue weighted by Crippen LogP contribution is 2.29. The molecule has 1 saturated heterocycles. The zero-order valence-electron chi connectivity index (χ0n) is 8.69. The van der Waals surface area contributed by atoms with Gasteiger partial charge in [0.2, 0.25) is 0 Å². The van der Waals surface area contributed by atoms with E-state index < -0.39 is 5.97 Å². The van der Waals surface area contributed by atoms with Crippen LogP contribution in [-0.2, 0) is 6.42 Å². The Labute approximate surface area is 92.6 Å². The number of carbonyl (C=O) groups is 1. The maximum absolute atomic E-state index is 11.0. The Morgan fingerprint density at radius 2 is 2.20 bits per heavy atom. The maximum Gasteiger partial charge on any atom is 0.347 e. The van der Waals surface area contributed by atoms with Gasteiger partial charge in [0.15, 0.2) is 5.13 Å². The molecule has 0 aromatic carbocycles. The second kappa shape index (κ2) is 4.18. The molecule has 2 heterocycles. The third kappa shape index (κ3) is 1.97. The van der Waals surface area contributed by atoms with E-state index in [1.165, 1.54) is 24.2 Å². The van der Waals surface area contributed by atoms with Gasteiger partial charge in [-0.05, 0) is 19.3 Å². The molecule has 1 aliphatic heterocycles. The lowest BCUT2D eigenvalue weighted by atomic mass is 10.3. The summed E-state index contributed by atoms with van der Waals surface area (Å²) in [4.78, 5) is 17.9. The first-order valence-electron chi connectivity index (χ1n) is 5.20. The molecule has 15 heavy (non-hydrogen) atoms. The summed E-state index contributed by atoms with van der Waals surface area (Å²) in [5, 5.41) is 9.88. The minimum absolute atomic E-state index is 0.402. The van der Waals surface area contributed by atoms with E-state index in [9.17, 15) is 4.79 Å². The Bertz CT molecular complexity index is 369. The summed E-state index contributed by atoms with van der Waals surface area (Å²) in [5.41, 5.74) is 0.717. The van der Waals surface area contributed by atoms with Crippen LogP contribution in [0.4, 0.5) is 5.13 Å². The fourth-order valence-electron chi connectivity index (χ4n) is 1.79. The van der Waals surface area contributed by atoms with Crippen LogP contribution >= 0.6 is 11.3 Å². The molecule has 5 heteroatoms. The van der Waals surface area contributed by atoms with Gasteiger partial charge in [0, 0.05) is 13.1 Å². The summed E-state index contributed by atoms with van der Waals surface area (Å²) in [5.74, 6) is -0.852. The molecule has 0 atom stereocenters. The lowest BCUT2D eigenvalue weighted by Gasteiger charge is -2.11. The highest BCUT2D eigenvalue weighted by molar-refractivity contribution is 7.17. The number of anilines is 1. The fourth-order valence-corrected chi connectivity index (χ4v) is 2.83. The van der Waals surface area contributed by atoms with Crippen molar-refractivity contribution in [3.63, 3.8) is 0 Å². The van der Waals surface area contributed by atoms with E-state index >= 15 is 0 Å². The molecule has 0 radical (unpaired) electrons. The average Bonchev–Trinajstić information content (AvgIpc) is 2.86. The first-order valence-corrected chi connectivity index (χ1v) is 6.02. The van der Waals surface area contributed by atoms with Gasteiger partial charge < -0.3 is 10.0 Å². The number of aromatic nitrogens is 1. The van der Waals surface area contributed by atoms with Crippen LogP contribution < -0.4 is 4.90 Å². The molecule has 2 rings (SSSR count). The number of rotatable bonds is 3. The van der Waals surface area contributed by atoms with E-state index in [-0.39, 0.29) is 0 Å². The summed E-state index contributed by atoms with van der Waals surface area (Å²) >= 11 is 1.30. The summed E-state index contributed by atoms with van der Waals surface area (Å²) in [6, 6.07) is 0. The Morgan fingerprint density at radius 3 is 2.67 bits per heavy atom. The molecule has 1 aliphatic rings. The van der Waals surface area contributed by atoms with Gasteiger partial charge in [-0.3, -0.25) is 0 Å². The van der Waals surface area contributed by atoms with Crippen LogP contribution in [-0.4, -0.2) is 29.1 Å². The number of aromatic carboxylic acids is 1. The minimum atomic E-state index is -0.852. The smallest absolute Gasteiger partial charge is 0.347 e. The van der Waals surface area contributed by atoms with Crippen molar-refractivity contribution in [2.24, 2.45) is 0 Å². The van der Waals surface area contributed by atoms with E-state index in [2.05, 4.69) is 9.88 Å². The largest absolute Gasteiger partial charge is 0.477 e. The zero-order chi connectivity index (χ0) is 10.8. The molecule has 0 unspecified atom stereocenters. The first-order chi connectivity index (χ1) is 7.22. The Kier molecular flexibility index (Phi) is 2.90. The quantitative estimate of drug-likeness (QED) is 0.856. The van der Waals surface area contributed by atoms with Gasteiger partial charge in [-0.1, -0.05) is 18.3 Å². The predicted octanol–water partition coefficient (Wildman–Crippen LogP) is 2.00. The number of hydrogen-bond donors (Lipinski definition) is 1. The highest BCUT2D eigenvalue weighted by atomic mass is 32.1. The van der Waals surface area contributed by atoms with E-state index in [1.807, 2.05) is 6.92 Å². The van der Waals surface area contributed by atoms with Crippen molar-refractivity contribution in [2.45, 2.75) is 26.2 Å². The standard InChI is InChI=1S/C10H14N2O2S/c1-2-7-8(9(13)14)15-10(11-7)12-5-3-4-6-12/h2-6H2,1H3,(H,13,14). The zero-order valence-corrected chi connectivity index (χ0v) is 9.51. The topological polar surface area (TPSA) is 53.4 Å². The van der Waals surface area contributed by atoms with E-state index in [0.717, 1.165) is 23.9 Å². The van der Waals surface area contributed by atoms with Crippen molar-refractivity contribution in [3.05, 3.63) is 10.6 Å². The number of carboxylic acid groups (broad SMARTS) is 1. The number of carboxylic acids is 1. The average molecular weight is 226 g/mol. The number of nitrogens with zero attached hydrogens (tertiary/aromatic N) is 2. The molecule has 82 valence electrons. The van der Waals surface area contributed by atoms with Crippen LogP contribution in [0.25, 0.3) is 0 Å². The van der Waals surface area contributed by atoms with Crippen LogP contribution in [0.5, 0.6) is 0 Å². The van der Waals surface area contributed by atoms with Crippen LogP contribution in [0.2, 0.25) is 0 Å². The van der Waals surface area contributed by atoms with Gasteiger partial charge in [0.1, 0.15) is 4.88 Å². The van der Waals surface area contributed by atoms with Gasteiger partial charge in [0.25, 0.3) is 0 Å². The van der Waals surface area contributed by atoms with Crippen molar-refractivity contribution in [2.75, 3.05) is 18.0 Å². The Hall–Kier alpha value is -1.10. The molecule has 4 nitrogen and oxygen atoms in total. The first kappa shape index (κ1) is 10.4. The highest BCUT2D eigenvalue weighted by Gasteiger charge is 2.21. The van der Waals surface area contributed by atoms with Crippen LogP contribution in [0.3, 0.4) is 0 Å². The van der Waals surface area contributed by atoms with Gasteiger partial charge in [0.05, 0.1) is 5.69 Å². The lowest BCUT2D eigenvalue weighted by Crippen LogP contribution is -2.17. The van der Waals surface area contributed by atoms with Crippen LogP contribution in [0.15, 0.2) is 0 Å². The van der Waals surface area contributed by atoms with Crippen LogP contribution in [0, 0.1) is 0 Å². The Balaban J connectivity index is 2.29. The molecule has 1 aromatic heterocycles. The van der Waals surface area contributed by atoms with E-state index in [4.69, 9.17) is 5.11 Å². The SMILES string of the molecule is CCc1nc(N2CCCC2)sc1C(=O)O. The molecule has 0 aliphatic carbocycles. The third-order valence-corrected chi connectivity index (χ3v) is 3.74. The van der Waals surface area contributed by atoms with Crippen molar-refractivity contribution >= 4 is 22.4 Å². The molecule has 0 amide bonds.